The molecule has 0 radical (unpaired) electrons. The van der Waals surface area contributed by atoms with E-state index < -0.39 is 0 Å². The van der Waals surface area contributed by atoms with Crippen LogP contribution in [0.15, 0.2) is 18.2 Å². The van der Waals surface area contributed by atoms with Gasteiger partial charge in [-0.3, -0.25) is 0 Å². The molecule has 0 amide bonds. The Kier molecular flexibility index (Phi) is 2.60. The second kappa shape index (κ2) is 4.00. The quantitative estimate of drug-likeness (QED) is 0.848. The Hall–Kier alpha value is -1.06. The Morgan fingerprint density at radius 1 is 1.53 bits per heavy atom. The molecule has 1 N–H and O–H groups in total. The van der Waals surface area contributed by atoms with Crippen LogP contribution in [0.2, 0.25) is 0 Å². The molecule has 2 aliphatic heterocycles. The highest BCUT2D eigenvalue weighted by Gasteiger charge is 2.45. The first kappa shape index (κ1) is 11.1. The van der Waals surface area contributed by atoms with E-state index in [4.69, 9.17) is 9.47 Å². The maximum absolute atomic E-state index is 6.06. The second-order valence-electron chi connectivity index (χ2n) is 5.04. The lowest BCUT2D eigenvalue weighted by Gasteiger charge is -2.37. The number of benzene rings is 1. The standard InChI is InChI=1S/C14H19NO2/c1-3-16-13-6-4-5-10-11(13)8-17-14(2)9-15-7-12(10)14/h4-6,12,15H,3,7-9H2,1-2H3. The number of ether oxygens (including phenoxy) is 2. The molecule has 0 spiro atoms. The van der Waals surface area contributed by atoms with Crippen LogP contribution < -0.4 is 10.1 Å². The van der Waals surface area contributed by atoms with Crippen molar-refractivity contribution >= 4 is 0 Å². The van der Waals surface area contributed by atoms with Crippen molar-refractivity contribution in [2.24, 2.45) is 0 Å². The topological polar surface area (TPSA) is 30.5 Å². The van der Waals surface area contributed by atoms with E-state index in [1.165, 1.54) is 11.1 Å². The Morgan fingerprint density at radius 2 is 2.41 bits per heavy atom. The molecule has 92 valence electrons. The normalized spacial score (nSPS) is 30.8. The van der Waals surface area contributed by atoms with Crippen LogP contribution in [0, 0.1) is 0 Å². The van der Waals surface area contributed by atoms with Crippen molar-refractivity contribution in [1.82, 2.24) is 5.32 Å². The van der Waals surface area contributed by atoms with Gasteiger partial charge in [0.05, 0.1) is 18.8 Å². The van der Waals surface area contributed by atoms with Crippen LogP contribution in [0.5, 0.6) is 5.75 Å². The predicted octanol–water partition coefficient (Wildman–Crippen LogP) is 2.06. The predicted molar refractivity (Wildman–Crippen MR) is 66.4 cm³/mol. The fraction of sp³-hybridized carbons (Fsp3) is 0.571. The van der Waals surface area contributed by atoms with E-state index in [-0.39, 0.29) is 5.60 Å². The van der Waals surface area contributed by atoms with Crippen LogP contribution >= 0.6 is 0 Å². The minimum Gasteiger partial charge on any atom is -0.493 e. The first-order valence-corrected chi connectivity index (χ1v) is 6.34. The van der Waals surface area contributed by atoms with Crippen LogP contribution in [0.4, 0.5) is 0 Å². The summed E-state index contributed by atoms with van der Waals surface area (Å²) >= 11 is 0. The van der Waals surface area contributed by atoms with Gasteiger partial charge in [-0.2, -0.15) is 0 Å². The van der Waals surface area contributed by atoms with Gasteiger partial charge in [-0.25, -0.2) is 0 Å². The lowest BCUT2D eigenvalue weighted by Crippen LogP contribution is -2.39. The summed E-state index contributed by atoms with van der Waals surface area (Å²) in [6, 6.07) is 6.35. The van der Waals surface area contributed by atoms with Crippen LogP contribution in [0.1, 0.15) is 30.9 Å². The third kappa shape index (κ3) is 1.65. The highest BCUT2D eigenvalue weighted by Crippen LogP contribution is 2.43. The number of nitrogens with one attached hydrogen (secondary N) is 1. The number of hydrogen-bond acceptors (Lipinski definition) is 3. The fourth-order valence-corrected chi connectivity index (χ4v) is 2.99. The van der Waals surface area contributed by atoms with E-state index in [1.54, 1.807) is 0 Å². The largest absolute Gasteiger partial charge is 0.493 e. The van der Waals surface area contributed by atoms with Crippen LogP contribution in [-0.4, -0.2) is 25.3 Å². The van der Waals surface area contributed by atoms with Gasteiger partial charge in [-0.15, -0.1) is 0 Å². The van der Waals surface area contributed by atoms with Crippen LogP contribution in [-0.2, 0) is 11.3 Å². The summed E-state index contributed by atoms with van der Waals surface area (Å²) in [5.41, 5.74) is 2.59. The molecule has 2 unspecified atom stereocenters. The van der Waals surface area contributed by atoms with Gasteiger partial charge in [0.15, 0.2) is 0 Å². The molecule has 0 saturated carbocycles. The molecule has 1 aromatic rings. The van der Waals surface area contributed by atoms with Gasteiger partial charge in [0.2, 0.25) is 0 Å². The molecule has 2 heterocycles. The van der Waals surface area contributed by atoms with Crippen molar-refractivity contribution in [3.63, 3.8) is 0 Å². The van der Waals surface area contributed by atoms with Gasteiger partial charge < -0.3 is 14.8 Å². The molecule has 2 atom stereocenters. The summed E-state index contributed by atoms with van der Waals surface area (Å²) in [5.74, 6) is 1.44. The van der Waals surface area contributed by atoms with Crippen molar-refractivity contribution in [1.29, 1.82) is 0 Å². The van der Waals surface area contributed by atoms with Crippen LogP contribution in [0.3, 0.4) is 0 Å². The van der Waals surface area contributed by atoms with E-state index in [9.17, 15) is 0 Å². The Morgan fingerprint density at radius 3 is 3.24 bits per heavy atom. The molecule has 1 aromatic carbocycles. The van der Waals surface area contributed by atoms with E-state index in [2.05, 4.69) is 24.4 Å². The van der Waals surface area contributed by atoms with Crippen LogP contribution in [0.25, 0.3) is 0 Å². The van der Waals surface area contributed by atoms with E-state index in [0.29, 0.717) is 19.1 Å². The number of rotatable bonds is 2. The van der Waals surface area contributed by atoms with Gasteiger partial charge >= 0.3 is 0 Å². The third-order valence-electron chi connectivity index (χ3n) is 3.95. The van der Waals surface area contributed by atoms with E-state index in [1.807, 2.05) is 13.0 Å². The Bertz CT molecular complexity index is 432. The second-order valence-corrected chi connectivity index (χ2v) is 5.04. The zero-order valence-corrected chi connectivity index (χ0v) is 10.5. The first-order chi connectivity index (χ1) is 8.24. The maximum Gasteiger partial charge on any atom is 0.125 e. The van der Waals surface area contributed by atoms with Crippen molar-refractivity contribution in [3.05, 3.63) is 29.3 Å². The molecule has 3 heteroatoms. The molecular formula is C14H19NO2. The van der Waals surface area contributed by atoms with Crippen molar-refractivity contribution in [2.75, 3.05) is 19.7 Å². The summed E-state index contributed by atoms with van der Waals surface area (Å²) in [6.07, 6.45) is 0. The molecule has 0 aliphatic carbocycles. The summed E-state index contributed by atoms with van der Waals surface area (Å²) in [4.78, 5) is 0. The molecule has 1 fully saturated rings. The summed E-state index contributed by atoms with van der Waals surface area (Å²) in [6.45, 7) is 7.53. The lowest BCUT2D eigenvalue weighted by atomic mass is 9.81. The van der Waals surface area contributed by atoms with Gasteiger partial charge in [0.1, 0.15) is 5.75 Å². The molecule has 3 rings (SSSR count). The maximum atomic E-state index is 6.06. The molecule has 0 bridgehead atoms. The smallest absolute Gasteiger partial charge is 0.125 e. The number of fused-ring (bicyclic) bond motifs is 3. The monoisotopic (exact) mass is 233 g/mol. The molecule has 17 heavy (non-hydrogen) atoms. The van der Waals surface area contributed by atoms with Gasteiger partial charge in [0.25, 0.3) is 0 Å². The summed E-state index contributed by atoms with van der Waals surface area (Å²) in [7, 11) is 0. The van der Waals surface area contributed by atoms with Crippen molar-refractivity contribution < 1.29 is 9.47 Å². The summed E-state index contributed by atoms with van der Waals surface area (Å²) in [5, 5.41) is 3.43. The Balaban J connectivity index is 2.04. The minimum absolute atomic E-state index is 0.0438. The average molecular weight is 233 g/mol. The molecular weight excluding hydrogens is 214 g/mol. The third-order valence-corrected chi connectivity index (χ3v) is 3.95. The first-order valence-electron chi connectivity index (χ1n) is 6.34. The fourth-order valence-electron chi connectivity index (χ4n) is 2.99. The van der Waals surface area contributed by atoms with Crippen molar-refractivity contribution in [3.8, 4) is 5.75 Å². The summed E-state index contributed by atoms with van der Waals surface area (Å²) < 4.78 is 11.7. The molecule has 0 aromatic heterocycles. The van der Waals surface area contributed by atoms with Crippen molar-refractivity contribution in [2.45, 2.75) is 32.0 Å². The zero-order chi connectivity index (χ0) is 11.9. The molecule has 3 nitrogen and oxygen atoms in total. The lowest BCUT2D eigenvalue weighted by molar-refractivity contribution is -0.0526. The van der Waals surface area contributed by atoms with Gasteiger partial charge in [-0.05, 0) is 25.5 Å². The Labute approximate surface area is 102 Å². The molecule has 1 saturated heterocycles. The van der Waals surface area contributed by atoms with E-state index >= 15 is 0 Å². The van der Waals surface area contributed by atoms with Gasteiger partial charge in [0, 0.05) is 24.6 Å². The SMILES string of the molecule is CCOc1cccc2c1COC1(C)CNCC21. The average Bonchev–Trinajstić information content (AvgIpc) is 2.72. The molecule has 2 aliphatic rings. The highest BCUT2D eigenvalue weighted by molar-refractivity contribution is 5.45. The number of hydrogen-bond donors (Lipinski definition) is 1. The highest BCUT2D eigenvalue weighted by atomic mass is 16.5. The van der Waals surface area contributed by atoms with Gasteiger partial charge in [-0.1, -0.05) is 12.1 Å². The van der Waals surface area contributed by atoms with E-state index in [0.717, 1.165) is 18.8 Å². The minimum atomic E-state index is -0.0438. The zero-order valence-electron chi connectivity index (χ0n) is 10.5.